The van der Waals surface area contributed by atoms with E-state index in [0.717, 1.165) is 37.1 Å². The highest BCUT2D eigenvalue weighted by molar-refractivity contribution is 5.96. The van der Waals surface area contributed by atoms with E-state index in [2.05, 4.69) is 31.2 Å². The molecule has 2 aromatic rings. The summed E-state index contributed by atoms with van der Waals surface area (Å²) < 4.78 is 0. The molecule has 1 saturated heterocycles. The topological polar surface area (TPSA) is 46.3 Å². The number of nitrogen functional groups attached to an aromatic ring is 1. The highest BCUT2D eigenvalue weighted by atomic mass is 16.2. The molecule has 1 aliphatic heterocycles. The van der Waals surface area contributed by atoms with Crippen LogP contribution in [0.4, 0.5) is 5.69 Å². The second kappa shape index (κ2) is 6.07. The number of nitrogens with zero attached hydrogens (tertiary/aromatic N) is 1. The van der Waals surface area contributed by atoms with E-state index in [1.165, 1.54) is 5.56 Å². The van der Waals surface area contributed by atoms with E-state index in [0.29, 0.717) is 5.69 Å². The van der Waals surface area contributed by atoms with E-state index < -0.39 is 0 Å². The van der Waals surface area contributed by atoms with Crippen molar-refractivity contribution < 1.29 is 4.79 Å². The molecule has 1 amide bonds. The van der Waals surface area contributed by atoms with Crippen molar-refractivity contribution >= 4 is 11.6 Å². The number of hydrogen-bond donors (Lipinski definition) is 1. The fourth-order valence-electron chi connectivity index (χ4n) is 3.53. The first-order valence-electron chi connectivity index (χ1n) is 8.20. The minimum absolute atomic E-state index is 0.0173. The number of carbonyl (C=O) groups excluding carboxylic acids is 1. The molecule has 120 valence electrons. The molecule has 1 aliphatic rings. The molecule has 3 nitrogen and oxygen atoms in total. The Morgan fingerprint density at radius 1 is 1.17 bits per heavy atom. The summed E-state index contributed by atoms with van der Waals surface area (Å²) in [5.41, 5.74) is 9.54. The summed E-state index contributed by atoms with van der Waals surface area (Å²) in [6, 6.07) is 16.1. The Labute approximate surface area is 138 Å². The summed E-state index contributed by atoms with van der Waals surface area (Å²) in [4.78, 5) is 14.9. The molecule has 2 aromatic carbocycles. The Bertz CT molecular complexity index is 711. The average molecular weight is 308 g/mol. The third kappa shape index (κ3) is 3.09. The molecule has 0 spiro atoms. The van der Waals surface area contributed by atoms with Gasteiger partial charge in [-0.2, -0.15) is 0 Å². The van der Waals surface area contributed by atoms with Gasteiger partial charge in [0.1, 0.15) is 0 Å². The lowest BCUT2D eigenvalue weighted by Crippen LogP contribution is -2.47. The molecular formula is C20H24N2O. The van der Waals surface area contributed by atoms with Gasteiger partial charge in [-0.05, 0) is 43.0 Å². The number of rotatable bonds is 2. The summed E-state index contributed by atoms with van der Waals surface area (Å²) in [5, 5.41) is 0. The molecule has 23 heavy (non-hydrogen) atoms. The lowest BCUT2D eigenvalue weighted by atomic mass is 9.76. The van der Waals surface area contributed by atoms with Gasteiger partial charge in [-0.3, -0.25) is 4.79 Å². The lowest BCUT2D eigenvalue weighted by Gasteiger charge is -2.41. The van der Waals surface area contributed by atoms with Crippen molar-refractivity contribution in [3.05, 3.63) is 65.2 Å². The van der Waals surface area contributed by atoms with Gasteiger partial charge in [0, 0.05) is 29.8 Å². The molecule has 1 unspecified atom stereocenters. The number of amides is 1. The number of aryl methyl sites for hydroxylation is 1. The van der Waals surface area contributed by atoms with Gasteiger partial charge in [0.05, 0.1) is 0 Å². The standard InChI is InChI=1S/C20H24N2O/c1-15-9-10-17(21)13-18(15)19(23)22-12-6-11-20(2,14-22)16-7-4-3-5-8-16/h3-5,7-10,13H,6,11-12,14,21H2,1-2H3. The number of piperidine rings is 1. The van der Waals surface area contributed by atoms with E-state index in [1.807, 2.05) is 30.0 Å². The zero-order valence-electron chi connectivity index (χ0n) is 13.9. The molecule has 3 heteroatoms. The molecule has 1 heterocycles. The number of likely N-dealkylation sites (tertiary alicyclic amines) is 1. The number of anilines is 1. The molecule has 2 N–H and O–H groups in total. The monoisotopic (exact) mass is 308 g/mol. The molecule has 0 aliphatic carbocycles. The SMILES string of the molecule is Cc1ccc(N)cc1C(=O)N1CCCC(C)(c2ccccc2)C1. The summed E-state index contributed by atoms with van der Waals surface area (Å²) in [5.74, 6) is 0.0941. The van der Waals surface area contributed by atoms with Crippen LogP contribution in [0.2, 0.25) is 0 Å². The summed E-state index contributed by atoms with van der Waals surface area (Å²) in [6.07, 6.45) is 2.13. The van der Waals surface area contributed by atoms with Gasteiger partial charge in [0.25, 0.3) is 5.91 Å². The van der Waals surface area contributed by atoms with Crippen molar-refractivity contribution in [3.8, 4) is 0 Å². The Balaban J connectivity index is 1.86. The summed E-state index contributed by atoms with van der Waals surface area (Å²) in [7, 11) is 0. The largest absolute Gasteiger partial charge is 0.399 e. The second-order valence-electron chi connectivity index (χ2n) is 6.83. The van der Waals surface area contributed by atoms with Crippen molar-refractivity contribution in [2.24, 2.45) is 0 Å². The smallest absolute Gasteiger partial charge is 0.254 e. The van der Waals surface area contributed by atoms with Gasteiger partial charge in [-0.1, -0.05) is 43.3 Å². The number of hydrogen-bond acceptors (Lipinski definition) is 2. The lowest BCUT2D eigenvalue weighted by molar-refractivity contribution is 0.0650. The fourth-order valence-corrected chi connectivity index (χ4v) is 3.53. The Morgan fingerprint density at radius 3 is 2.65 bits per heavy atom. The third-order valence-electron chi connectivity index (χ3n) is 4.95. The molecule has 0 radical (unpaired) electrons. The first-order chi connectivity index (χ1) is 11.0. The fraction of sp³-hybridized carbons (Fsp3) is 0.350. The maximum atomic E-state index is 13.0. The molecular weight excluding hydrogens is 284 g/mol. The summed E-state index contributed by atoms with van der Waals surface area (Å²) >= 11 is 0. The van der Waals surface area contributed by atoms with E-state index >= 15 is 0 Å². The number of carbonyl (C=O) groups is 1. The first-order valence-corrected chi connectivity index (χ1v) is 8.20. The van der Waals surface area contributed by atoms with Crippen molar-refractivity contribution in [2.45, 2.75) is 32.1 Å². The predicted molar refractivity (Wildman–Crippen MR) is 94.5 cm³/mol. The maximum absolute atomic E-state index is 13.0. The van der Waals surface area contributed by atoms with Gasteiger partial charge in [-0.25, -0.2) is 0 Å². The first kappa shape index (κ1) is 15.6. The Morgan fingerprint density at radius 2 is 1.91 bits per heavy atom. The molecule has 0 saturated carbocycles. The molecule has 3 rings (SSSR count). The third-order valence-corrected chi connectivity index (χ3v) is 4.95. The van der Waals surface area contributed by atoms with Crippen LogP contribution in [0.15, 0.2) is 48.5 Å². The minimum Gasteiger partial charge on any atom is -0.399 e. The van der Waals surface area contributed by atoms with Gasteiger partial charge >= 0.3 is 0 Å². The van der Waals surface area contributed by atoms with E-state index in [1.54, 1.807) is 6.07 Å². The average Bonchev–Trinajstić information content (AvgIpc) is 2.57. The maximum Gasteiger partial charge on any atom is 0.254 e. The van der Waals surface area contributed by atoms with Crippen LogP contribution in [0.3, 0.4) is 0 Å². The van der Waals surface area contributed by atoms with Gasteiger partial charge in [-0.15, -0.1) is 0 Å². The van der Waals surface area contributed by atoms with Crippen LogP contribution in [0.25, 0.3) is 0 Å². The van der Waals surface area contributed by atoms with Gasteiger partial charge < -0.3 is 10.6 Å². The van der Waals surface area contributed by atoms with Crippen molar-refractivity contribution in [3.63, 3.8) is 0 Å². The van der Waals surface area contributed by atoms with Crippen molar-refractivity contribution in [1.29, 1.82) is 0 Å². The van der Waals surface area contributed by atoms with Crippen molar-refractivity contribution in [1.82, 2.24) is 4.90 Å². The molecule has 0 aromatic heterocycles. The molecule has 0 bridgehead atoms. The second-order valence-corrected chi connectivity index (χ2v) is 6.83. The predicted octanol–water partition coefficient (Wildman–Crippen LogP) is 3.77. The normalized spacial score (nSPS) is 21.2. The zero-order valence-corrected chi connectivity index (χ0v) is 13.9. The van der Waals surface area contributed by atoms with E-state index in [4.69, 9.17) is 5.73 Å². The Hall–Kier alpha value is -2.29. The van der Waals surface area contributed by atoms with Crippen molar-refractivity contribution in [2.75, 3.05) is 18.8 Å². The van der Waals surface area contributed by atoms with E-state index in [-0.39, 0.29) is 11.3 Å². The molecule has 1 atom stereocenters. The van der Waals surface area contributed by atoms with Crippen LogP contribution in [-0.2, 0) is 5.41 Å². The number of benzene rings is 2. The van der Waals surface area contributed by atoms with Crippen LogP contribution in [0.1, 0.15) is 41.3 Å². The number of nitrogens with two attached hydrogens (primary N) is 1. The van der Waals surface area contributed by atoms with Crippen LogP contribution in [0.5, 0.6) is 0 Å². The van der Waals surface area contributed by atoms with Gasteiger partial charge in [0.2, 0.25) is 0 Å². The molecule has 1 fully saturated rings. The highest BCUT2D eigenvalue weighted by Gasteiger charge is 2.35. The van der Waals surface area contributed by atoms with Gasteiger partial charge in [0.15, 0.2) is 0 Å². The zero-order chi connectivity index (χ0) is 16.4. The summed E-state index contributed by atoms with van der Waals surface area (Å²) in [6.45, 7) is 5.79. The quantitative estimate of drug-likeness (QED) is 0.858. The minimum atomic E-state index is 0.0173. The van der Waals surface area contributed by atoms with Crippen LogP contribution in [-0.4, -0.2) is 23.9 Å². The van der Waals surface area contributed by atoms with Crippen LogP contribution >= 0.6 is 0 Å². The van der Waals surface area contributed by atoms with Crippen LogP contribution in [0, 0.1) is 6.92 Å². The Kier molecular flexibility index (Phi) is 4.12. The van der Waals surface area contributed by atoms with E-state index in [9.17, 15) is 4.79 Å². The highest BCUT2D eigenvalue weighted by Crippen LogP contribution is 2.34. The van der Waals surface area contributed by atoms with Crippen LogP contribution < -0.4 is 5.73 Å².